The smallest absolute Gasteiger partial charge is 0.125 e. The van der Waals surface area contributed by atoms with E-state index in [1.54, 1.807) is 18.2 Å². The van der Waals surface area contributed by atoms with Gasteiger partial charge in [0.1, 0.15) is 11.9 Å². The molecule has 2 nitrogen and oxygen atoms in total. The normalized spacial score (nSPS) is 12.2. The molecule has 0 spiro atoms. The molecule has 1 N–H and O–H groups in total. The van der Waals surface area contributed by atoms with Gasteiger partial charge in [0.15, 0.2) is 0 Å². The molecule has 0 aromatic heterocycles. The Morgan fingerprint density at radius 2 is 1.85 bits per heavy atom. The van der Waals surface area contributed by atoms with Crippen LogP contribution in [0.25, 0.3) is 0 Å². The molecule has 1 unspecified atom stereocenters. The van der Waals surface area contributed by atoms with Gasteiger partial charge in [-0.1, -0.05) is 40.9 Å². The Hall–Kier alpha value is -1.22. The van der Waals surface area contributed by atoms with E-state index in [1.165, 1.54) is 0 Å². The zero-order chi connectivity index (χ0) is 14.7. The highest BCUT2D eigenvalue weighted by Gasteiger charge is 2.18. The summed E-state index contributed by atoms with van der Waals surface area (Å²) in [5.41, 5.74) is 2.37. The molecular formula is C16H16Cl2O2. The van der Waals surface area contributed by atoms with Crippen molar-refractivity contribution in [3.63, 3.8) is 0 Å². The molecule has 0 radical (unpaired) electrons. The summed E-state index contributed by atoms with van der Waals surface area (Å²) in [4.78, 5) is 0. The van der Waals surface area contributed by atoms with Crippen LogP contribution in [0.4, 0.5) is 0 Å². The lowest BCUT2D eigenvalue weighted by Crippen LogP contribution is -2.05. The average Bonchev–Trinajstić information content (AvgIpc) is 2.40. The Balaban J connectivity index is 2.46. The molecule has 0 aliphatic rings. The number of hydrogen-bond acceptors (Lipinski definition) is 2. The van der Waals surface area contributed by atoms with Gasteiger partial charge in [-0.15, -0.1) is 0 Å². The molecule has 4 heteroatoms. The number of aliphatic hydroxyl groups is 1. The van der Waals surface area contributed by atoms with Crippen molar-refractivity contribution in [1.29, 1.82) is 0 Å². The maximum Gasteiger partial charge on any atom is 0.125 e. The van der Waals surface area contributed by atoms with Crippen LogP contribution in [0.3, 0.4) is 0 Å². The summed E-state index contributed by atoms with van der Waals surface area (Å²) in [6, 6.07) is 10.8. The van der Waals surface area contributed by atoms with Crippen LogP contribution in [0.1, 0.15) is 29.7 Å². The van der Waals surface area contributed by atoms with Crippen LogP contribution in [0.2, 0.25) is 10.0 Å². The van der Waals surface area contributed by atoms with Crippen LogP contribution in [-0.2, 0) is 0 Å². The highest BCUT2D eigenvalue weighted by Crippen LogP contribution is 2.35. The first-order valence-corrected chi connectivity index (χ1v) is 7.15. The number of aliphatic hydroxyl groups excluding tert-OH is 1. The van der Waals surface area contributed by atoms with Crippen molar-refractivity contribution in [2.24, 2.45) is 0 Å². The molecule has 20 heavy (non-hydrogen) atoms. The molecule has 0 aliphatic heterocycles. The van der Waals surface area contributed by atoms with E-state index in [1.807, 2.05) is 32.0 Å². The molecule has 0 heterocycles. The largest absolute Gasteiger partial charge is 0.493 e. The lowest BCUT2D eigenvalue weighted by Gasteiger charge is -2.18. The highest BCUT2D eigenvalue weighted by molar-refractivity contribution is 6.35. The predicted octanol–water partition coefficient (Wildman–Crippen LogP) is 4.78. The summed E-state index contributed by atoms with van der Waals surface area (Å²) in [7, 11) is 0. The van der Waals surface area contributed by atoms with Crippen molar-refractivity contribution >= 4 is 23.2 Å². The SMILES string of the molecule is CCOc1ccc(C)cc1C(O)c1ccc(Cl)cc1Cl. The topological polar surface area (TPSA) is 29.5 Å². The van der Waals surface area contributed by atoms with Crippen molar-refractivity contribution < 1.29 is 9.84 Å². The Kier molecular flexibility index (Phi) is 4.92. The Morgan fingerprint density at radius 1 is 1.10 bits per heavy atom. The number of aryl methyl sites for hydroxylation is 1. The van der Waals surface area contributed by atoms with Gasteiger partial charge < -0.3 is 9.84 Å². The minimum absolute atomic E-state index is 0.439. The zero-order valence-corrected chi connectivity index (χ0v) is 12.9. The Morgan fingerprint density at radius 3 is 2.50 bits per heavy atom. The van der Waals surface area contributed by atoms with Gasteiger partial charge in [0.2, 0.25) is 0 Å². The van der Waals surface area contributed by atoms with E-state index in [2.05, 4.69) is 0 Å². The fraction of sp³-hybridized carbons (Fsp3) is 0.250. The summed E-state index contributed by atoms with van der Waals surface area (Å²) in [6.07, 6.45) is -0.846. The van der Waals surface area contributed by atoms with Gasteiger partial charge in [-0.05, 0) is 38.1 Å². The van der Waals surface area contributed by atoms with E-state index in [0.29, 0.717) is 33.5 Å². The standard InChI is InChI=1S/C16H16Cl2O2/c1-3-20-15-7-4-10(2)8-13(15)16(19)12-6-5-11(17)9-14(12)18/h4-9,16,19H,3H2,1-2H3. The average molecular weight is 311 g/mol. The zero-order valence-electron chi connectivity index (χ0n) is 11.4. The first-order chi connectivity index (χ1) is 9.52. The lowest BCUT2D eigenvalue weighted by molar-refractivity contribution is 0.212. The number of halogens is 2. The molecule has 0 bridgehead atoms. The van der Waals surface area contributed by atoms with Crippen molar-refractivity contribution in [3.05, 3.63) is 63.1 Å². The van der Waals surface area contributed by atoms with Gasteiger partial charge >= 0.3 is 0 Å². The van der Waals surface area contributed by atoms with Gasteiger partial charge in [-0.2, -0.15) is 0 Å². The minimum Gasteiger partial charge on any atom is -0.493 e. The number of benzene rings is 2. The van der Waals surface area contributed by atoms with Crippen LogP contribution < -0.4 is 4.74 Å². The molecule has 0 fully saturated rings. The fourth-order valence-electron chi connectivity index (χ4n) is 2.06. The Labute approximate surface area is 128 Å². The number of rotatable bonds is 4. The number of hydrogen-bond donors (Lipinski definition) is 1. The third-order valence-electron chi connectivity index (χ3n) is 3.02. The van der Waals surface area contributed by atoms with Crippen molar-refractivity contribution in [2.45, 2.75) is 20.0 Å². The predicted molar refractivity (Wildman–Crippen MR) is 82.9 cm³/mol. The monoisotopic (exact) mass is 310 g/mol. The van der Waals surface area contributed by atoms with E-state index < -0.39 is 6.10 Å². The second kappa shape index (κ2) is 6.49. The van der Waals surface area contributed by atoms with Gasteiger partial charge in [0, 0.05) is 21.2 Å². The second-order valence-corrected chi connectivity index (χ2v) is 5.39. The quantitative estimate of drug-likeness (QED) is 0.880. The van der Waals surface area contributed by atoms with Gasteiger partial charge in [0.05, 0.1) is 6.61 Å². The number of ether oxygens (including phenoxy) is 1. The van der Waals surface area contributed by atoms with Crippen molar-refractivity contribution in [1.82, 2.24) is 0 Å². The van der Waals surface area contributed by atoms with Crippen LogP contribution in [0.5, 0.6) is 5.75 Å². The van der Waals surface area contributed by atoms with Gasteiger partial charge in [-0.25, -0.2) is 0 Å². The fourth-order valence-corrected chi connectivity index (χ4v) is 2.57. The van der Waals surface area contributed by atoms with E-state index >= 15 is 0 Å². The summed E-state index contributed by atoms with van der Waals surface area (Å²) < 4.78 is 5.57. The molecule has 0 saturated carbocycles. The van der Waals surface area contributed by atoms with E-state index in [4.69, 9.17) is 27.9 Å². The molecule has 106 valence electrons. The van der Waals surface area contributed by atoms with Gasteiger partial charge in [-0.3, -0.25) is 0 Å². The maximum absolute atomic E-state index is 10.6. The van der Waals surface area contributed by atoms with E-state index in [-0.39, 0.29) is 0 Å². The van der Waals surface area contributed by atoms with Crippen LogP contribution in [0, 0.1) is 6.92 Å². The molecule has 0 aliphatic carbocycles. The summed E-state index contributed by atoms with van der Waals surface area (Å²) in [6.45, 7) is 4.41. The van der Waals surface area contributed by atoms with Crippen LogP contribution >= 0.6 is 23.2 Å². The molecule has 0 saturated heterocycles. The third kappa shape index (κ3) is 3.26. The van der Waals surface area contributed by atoms with Crippen molar-refractivity contribution in [3.8, 4) is 5.75 Å². The maximum atomic E-state index is 10.6. The minimum atomic E-state index is -0.846. The second-order valence-electron chi connectivity index (χ2n) is 4.54. The van der Waals surface area contributed by atoms with Crippen LogP contribution in [0.15, 0.2) is 36.4 Å². The third-order valence-corrected chi connectivity index (χ3v) is 3.58. The van der Waals surface area contributed by atoms with Crippen LogP contribution in [-0.4, -0.2) is 11.7 Å². The lowest BCUT2D eigenvalue weighted by atomic mass is 9.99. The highest BCUT2D eigenvalue weighted by atomic mass is 35.5. The molecule has 0 amide bonds. The first kappa shape index (κ1) is 15.2. The molecule has 2 aromatic rings. The molecule has 2 rings (SSSR count). The van der Waals surface area contributed by atoms with E-state index in [9.17, 15) is 5.11 Å². The summed E-state index contributed by atoms with van der Waals surface area (Å²) in [5.74, 6) is 0.664. The Bertz CT molecular complexity index is 611. The summed E-state index contributed by atoms with van der Waals surface area (Å²) >= 11 is 12.0. The molecule has 2 aromatic carbocycles. The van der Waals surface area contributed by atoms with E-state index in [0.717, 1.165) is 5.56 Å². The first-order valence-electron chi connectivity index (χ1n) is 6.39. The van der Waals surface area contributed by atoms with Crippen molar-refractivity contribution in [2.75, 3.05) is 6.61 Å². The molecular weight excluding hydrogens is 295 g/mol. The van der Waals surface area contributed by atoms with Gasteiger partial charge in [0.25, 0.3) is 0 Å². The molecule has 1 atom stereocenters. The summed E-state index contributed by atoms with van der Waals surface area (Å²) in [5, 5.41) is 11.6.